The summed E-state index contributed by atoms with van der Waals surface area (Å²) in [6.07, 6.45) is 2.92. The topological polar surface area (TPSA) is 98.7 Å². The van der Waals surface area contributed by atoms with E-state index in [2.05, 4.69) is 10.0 Å². The molecule has 0 saturated heterocycles. The van der Waals surface area contributed by atoms with Crippen molar-refractivity contribution in [3.63, 3.8) is 0 Å². The number of carbonyl (C=O) groups is 1. The van der Waals surface area contributed by atoms with E-state index in [4.69, 9.17) is 11.6 Å². The summed E-state index contributed by atoms with van der Waals surface area (Å²) in [5, 5.41) is 12.9. The minimum atomic E-state index is -3.95. The van der Waals surface area contributed by atoms with Crippen LogP contribution in [0.2, 0.25) is 5.02 Å². The van der Waals surface area contributed by atoms with Gasteiger partial charge in [-0.25, -0.2) is 17.9 Å². The second kappa shape index (κ2) is 6.31. The Kier molecular flexibility index (Phi) is 4.84. The van der Waals surface area contributed by atoms with Gasteiger partial charge in [0.25, 0.3) is 0 Å². The maximum atomic E-state index is 12.1. The normalized spacial score (nSPS) is 15.2. The molecule has 0 aliphatic heterocycles. The van der Waals surface area contributed by atoms with E-state index in [1.54, 1.807) is 0 Å². The highest BCUT2D eigenvalue weighted by molar-refractivity contribution is 7.89. The monoisotopic (exact) mass is 347 g/mol. The van der Waals surface area contributed by atoms with E-state index in [0.29, 0.717) is 0 Å². The molecule has 2 rings (SSSR count). The fourth-order valence-corrected chi connectivity index (χ4v) is 3.44. The van der Waals surface area contributed by atoms with Crippen molar-refractivity contribution in [2.45, 2.75) is 30.2 Å². The van der Waals surface area contributed by atoms with Gasteiger partial charge in [-0.05, 0) is 38.4 Å². The highest BCUT2D eigenvalue weighted by atomic mass is 35.5. The van der Waals surface area contributed by atoms with Crippen molar-refractivity contribution in [3.05, 3.63) is 17.2 Å². The molecule has 0 heterocycles. The van der Waals surface area contributed by atoms with Gasteiger partial charge in [0.05, 0.1) is 10.7 Å². The minimum absolute atomic E-state index is 0.0649. The molecule has 7 nitrogen and oxygen atoms in total. The van der Waals surface area contributed by atoms with Gasteiger partial charge in [-0.1, -0.05) is 11.6 Å². The van der Waals surface area contributed by atoms with Crippen molar-refractivity contribution in [1.82, 2.24) is 10.0 Å². The Morgan fingerprint density at radius 2 is 2.05 bits per heavy atom. The van der Waals surface area contributed by atoms with E-state index >= 15 is 0 Å². The summed E-state index contributed by atoms with van der Waals surface area (Å²) in [7, 11) is -1.28. The molecule has 1 fully saturated rings. The van der Waals surface area contributed by atoms with Crippen LogP contribution in [0.3, 0.4) is 0 Å². The van der Waals surface area contributed by atoms with Gasteiger partial charge in [0.2, 0.25) is 10.0 Å². The maximum Gasteiger partial charge on any atom is 0.321 e. The lowest BCUT2D eigenvalue weighted by molar-refractivity contribution is 0.235. The zero-order chi connectivity index (χ0) is 16.5. The van der Waals surface area contributed by atoms with Crippen LogP contribution in [0.15, 0.2) is 17.0 Å². The van der Waals surface area contributed by atoms with Crippen molar-refractivity contribution >= 4 is 33.3 Å². The number of hydrogen-bond acceptors (Lipinski definition) is 4. The molecule has 1 aliphatic rings. The third kappa shape index (κ3) is 3.13. The molecule has 0 unspecified atom stereocenters. The largest absolute Gasteiger partial charge is 0.504 e. The Morgan fingerprint density at radius 1 is 1.41 bits per heavy atom. The molecule has 1 aromatic carbocycles. The summed E-state index contributed by atoms with van der Waals surface area (Å²) in [5.41, 5.74) is 0.0649. The molecule has 22 heavy (non-hydrogen) atoms. The van der Waals surface area contributed by atoms with E-state index < -0.39 is 26.7 Å². The van der Waals surface area contributed by atoms with Gasteiger partial charge in [-0.2, -0.15) is 0 Å². The molecule has 0 aromatic heterocycles. The summed E-state index contributed by atoms with van der Waals surface area (Å²) < 4.78 is 26.0. The Morgan fingerprint density at radius 3 is 2.55 bits per heavy atom. The number of aromatic hydroxyl groups is 1. The van der Waals surface area contributed by atoms with Crippen LogP contribution in [-0.2, 0) is 10.0 Å². The second-order valence-corrected chi connectivity index (χ2v) is 7.32. The summed E-state index contributed by atoms with van der Waals surface area (Å²) in [6.45, 7) is 0. The van der Waals surface area contributed by atoms with Crippen LogP contribution in [0, 0.1) is 0 Å². The van der Waals surface area contributed by atoms with Crippen molar-refractivity contribution in [2.75, 3.05) is 19.0 Å². The number of nitrogens with zero attached hydrogens (tertiary/aromatic N) is 1. The van der Waals surface area contributed by atoms with Crippen molar-refractivity contribution in [1.29, 1.82) is 0 Å². The standard InChI is InChI=1S/C13H18ClN3O4S/c1-15-22(20,21)12-9(14)6-7-10(11(12)18)17(2)13(19)16-8-4-3-5-8/h6-8,15,18H,3-5H2,1-2H3,(H,16,19). The van der Waals surface area contributed by atoms with Gasteiger partial charge in [0, 0.05) is 13.1 Å². The van der Waals surface area contributed by atoms with Crippen LogP contribution < -0.4 is 14.9 Å². The number of halogens is 1. The highest BCUT2D eigenvalue weighted by Crippen LogP contribution is 2.38. The number of sulfonamides is 1. The zero-order valence-corrected chi connectivity index (χ0v) is 13.8. The van der Waals surface area contributed by atoms with Crippen LogP contribution in [0.5, 0.6) is 5.75 Å². The fourth-order valence-electron chi connectivity index (χ4n) is 2.10. The van der Waals surface area contributed by atoms with E-state index in [1.807, 2.05) is 0 Å². The molecule has 0 bridgehead atoms. The molecular weight excluding hydrogens is 330 g/mol. The first-order chi connectivity index (χ1) is 10.3. The van der Waals surface area contributed by atoms with Gasteiger partial charge < -0.3 is 10.4 Å². The number of anilines is 1. The van der Waals surface area contributed by atoms with E-state index in [9.17, 15) is 18.3 Å². The van der Waals surface area contributed by atoms with Crippen LogP contribution >= 0.6 is 11.6 Å². The van der Waals surface area contributed by atoms with Gasteiger partial charge in [0.15, 0.2) is 5.75 Å². The predicted octanol–water partition coefficient (Wildman–Crippen LogP) is 1.65. The third-order valence-corrected chi connectivity index (χ3v) is 5.61. The average molecular weight is 348 g/mol. The average Bonchev–Trinajstić information content (AvgIpc) is 2.42. The summed E-state index contributed by atoms with van der Waals surface area (Å²) in [5.74, 6) is -0.562. The molecule has 2 amide bonds. The fraction of sp³-hybridized carbons (Fsp3) is 0.462. The lowest BCUT2D eigenvalue weighted by atomic mass is 9.93. The number of carbonyl (C=O) groups excluding carboxylic acids is 1. The van der Waals surface area contributed by atoms with Crippen LogP contribution in [0.25, 0.3) is 0 Å². The van der Waals surface area contributed by atoms with Crippen LogP contribution in [0.4, 0.5) is 10.5 Å². The third-order valence-electron chi connectivity index (χ3n) is 3.70. The molecule has 0 atom stereocenters. The Bertz CT molecular complexity index is 689. The Balaban J connectivity index is 2.35. The SMILES string of the molecule is CNS(=O)(=O)c1c(Cl)ccc(N(C)C(=O)NC2CCC2)c1O. The maximum absolute atomic E-state index is 12.1. The number of phenolic OH excluding ortho intramolecular Hbond substituents is 1. The van der Waals surface area contributed by atoms with Crippen molar-refractivity contribution in [3.8, 4) is 5.75 Å². The van der Waals surface area contributed by atoms with Gasteiger partial charge in [-0.15, -0.1) is 0 Å². The number of amides is 2. The van der Waals surface area contributed by atoms with Crippen LogP contribution in [0.1, 0.15) is 19.3 Å². The summed E-state index contributed by atoms with van der Waals surface area (Å²) in [4.78, 5) is 12.8. The Labute approximate surface area is 134 Å². The lowest BCUT2D eigenvalue weighted by Gasteiger charge is -2.29. The van der Waals surface area contributed by atoms with E-state index in [1.165, 1.54) is 31.1 Å². The molecular formula is C13H18ClN3O4S. The number of nitrogens with one attached hydrogen (secondary N) is 2. The van der Waals surface area contributed by atoms with Gasteiger partial charge >= 0.3 is 6.03 Å². The number of benzene rings is 1. The van der Waals surface area contributed by atoms with Crippen molar-refractivity contribution in [2.24, 2.45) is 0 Å². The Hall–Kier alpha value is -1.51. The quantitative estimate of drug-likeness (QED) is 0.771. The predicted molar refractivity (Wildman–Crippen MR) is 83.9 cm³/mol. The summed E-state index contributed by atoms with van der Waals surface area (Å²) in [6, 6.07) is 2.45. The molecule has 1 aromatic rings. The highest BCUT2D eigenvalue weighted by Gasteiger charge is 2.27. The molecule has 1 aliphatic carbocycles. The molecule has 122 valence electrons. The van der Waals surface area contributed by atoms with Gasteiger partial charge in [0.1, 0.15) is 4.90 Å². The molecule has 9 heteroatoms. The summed E-state index contributed by atoms with van der Waals surface area (Å²) >= 11 is 5.87. The zero-order valence-electron chi connectivity index (χ0n) is 12.3. The van der Waals surface area contributed by atoms with Crippen LogP contribution in [-0.4, -0.2) is 39.7 Å². The first kappa shape index (κ1) is 16.9. The molecule has 1 saturated carbocycles. The number of hydrogen-bond donors (Lipinski definition) is 3. The second-order valence-electron chi connectivity index (χ2n) is 5.09. The van der Waals surface area contributed by atoms with Crippen molar-refractivity contribution < 1.29 is 18.3 Å². The smallest absolute Gasteiger partial charge is 0.321 e. The molecule has 0 spiro atoms. The first-order valence-electron chi connectivity index (χ1n) is 6.77. The van der Waals surface area contributed by atoms with Gasteiger partial charge in [-0.3, -0.25) is 4.90 Å². The molecule has 3 N–H and O–H groups in total. The van der Waals surface area contributed by atoms with E-state index in [-0.39, 0.29) is 16.8 Å². The first-order valence-corrected chi connectivity index (χ1v) is 8.63. The van der Waals surface area contributed by atoms with E-state index in [0.717, 1.165) is 19.3 Å². The molecule has 0 radical (unpaired) electrons. The minimum Gasteiger partial charge on any atom is -0.504 e. The number of phenols is 1. The number of urea groups is 1. The number of rotatable bonds is 4. The lowest BCUT2D eigenvalue weighted by Crippen LogP contribution is -2.46.